The van der Waals surface area contributed by atoms with Crippen LogP contribution in [-0.4, -0.2) is 10.9 Å². The highest BCUT2D eigenvalue weighted by atomic mass is 16.3. The van der Waals surface area contributed by atoms with Crippen LogP contribution < -0.4 is 5.32 Å². The fourth-order valence-electron chi connectivity index (χ4n) is 1.18. The lowest BCUT2D eigenvalue weighted by atomic mass is 10.2. The van der Waals surface area contributed by atoms with Crippen LogP contribution >= 0.6 is 0 Å². The fraction of sp³-hybridized carbons (Fsp3) is 0.0909. The van der Waals surface area contributed by atoms with Crippen molar-refractivity contribution >= 4 is 5.91 Å². The van der Waals surface area contributed by atoms with Gasteiger partial charge in [-0.2, -0.15) is 0 Å². The van der Waals surface area contributed by atoms with E-state index < -0.39 is 0 Å². The number of carbonyl (C=O) groups excluding carboxylic acids is 1. The van der Waals surface area contributed by atoms with E-state index in [2.05, 4.69) is 10.3 Å². The first-order valence-corrected chi connectivity index (χ1v) is 4.55. The Balaban J connectivity index is 1.92. The van der Waals surface area contributed by atoms with Gasteiger partial charge in [-0.15, -0.1) is 0 Å². The number of amides is 1. The summed E-state index contributed by atoms with van der Waals surface area (Å²) in [7, 11) is 0. The summed E-state index contributed by atoms with van der Waals surface area (Å²) in [6.45, 7) is 0.493. The molecule has 0 aliphatic carbocycles. The standard InChI is InChI=1S/C11H10N2O2/c14-11(10-3-6-15-8-10)13-7-9-1-4-12-5-2-9/h1-6,8H,7H2,(H,13,14). The average Bonchev–Trinajstić information content (AvgIpc) is 2.81. The molecule has 15 heavy (non-hydrogen) atoms. The third kappa shape index (κ3) is 2.43. The van der Waals surface area contributed by atoms with Crippen molar-refractivity contribution in [1.82, 2.24) is 10.3 Å². The van der Waals surface area contributed by atoms with E-state index in [4.69, 9.17) is 4.42 Å². The van der Waals surface area contributed by atoms with Crippen molar-refractivity contribution in [2.45, 2.75) is 6.54 Å². The van der Waals surface area contributed by atoms with Crippen LogP contribution in [0.25, 0.3) is 0 Å². The highest BCUT2D eigenvalue weighted by molar-refractivity contribution is 5.93. The van der Waals surface area contributed by atoms with E-state index in [1.165, 1.54) is 12.5 Å². The Labute approximate surface area is 86.9 Å². The van der Waals surface area contributed by atoms with Gasteiger partial charge in [0.1, 0.15) is 6.26 Å². The normalized spacial score (nSPS) is 9.87. The smallest absolute Gasteiger partial charge is 0.254 e. The first kappa shape index (κ1) is 9.45. The van der Waals surface area contributed by atoms with Crippen LogP contribution in [0.3, 0.4) is 0 Å². The van der Waals surface area contributed by atoms with E-state index in [1.807, 2.05) is 12.1 Å². The topological polar surface area (TPSA) is 55.1 Å². The zero-order chi connectivity index (χ0) is 10.5. The molecule has 2 aromatic rings. The van der Waals surface area contributed by atoms with Crippen LogP contribution in [0.5, 0.6) is 0 Å². The molecule has 4 heteroatoms. The molecule has 0 fully saturated rings. The largest absolute Gasteiger partial charge is 0.472 e. The van der Waals surface area contributed by atoms with Crippen molar-refractivity contribution in [1.29, 1.82) is 0 Å². The summed E-state index contributed by atoms with van der Waals surface area (Å²) in [4.78, 5) is 15.4. The van der Waals surface area contributed by atoms with Gasteiger partial charge in [0.2, 0.25) is 0 Å². The van der Waals surface area contributed by atoms with E-state index >= 15 is 0 Å². The molecular formula is C11H10N2O2. The highest BCUT2D eigenvalue weighted by Gasteiger charge is 2.05. The molecule has 0 spiro atoms. The third-order valence-corrected chi connectivity index (χ3v) is 1.99. The number of carbonyl (C=O) groups is 1. The molecule has 0 bridgehead atoms. The molecule has 0 aliphatic rings. The average molecular weight is 202 g/mol. The quantitative estimate of drug-likeness (QED) is 0.822. The van der Waals surface area contributed by atoms with Crippen LogP contribution in [0, 0.1) is 0 Å². The van der Waals surface area contributed by atoms with Crippen molar-refractivity contribution < 1.29 is 9.21 Å². The third-order valence-electron chi connectivity index (χ3n) is 1.99. The molecule has 1 N–H and O–H groups in total. The van der Waals surface area contributed by atoms with Gasteiger partial charge in [-0.1, -0.05) is 0 Å². The van der Waals surface area contributed by atoms with E-state index in [9.17, 15) is 4.79 Å². The van der Waals surface area contributed by atoms with E-state index in [1.54, 1.807) is 18.5 Å². The van der Waals surface area contributed by atoms with Crippen molar-refractivity contribution in [2.24, 2.45) is 0 Å². The Morgan fingerprint density at radius 3 is 2.80 bits per heavy atom. The van der Waals surface area contributed by atoms with E-state index in [0.717, 1.165) is 5.56 Å². The molecule has 0 unspecified atom stereocenters. The molecule has 0 aromatic carbocycles. The van der Waals surface area contributed by atoms with Crippen LogP contribution in [0.2, 0.25) is 0 Å². The highest BCUT2D eigenvalue weighted by Crippen LogP contribution is 2.01. The first-order valence-electron chi connectivity index (χ1n) is 4.55. The van der Waals surface area contributed by atoms with Gasteiger partial charge in [-0.05, 0) is 23.8 Å². The minimum absolute atomic E-state index is 0.138. The van der Waals surface area contributed by atoms with Gasteiger partial charge in [-0.25, -0.2) is 0 Å². The van der Waals surface area contributed by atoms with Crippen molar-refractivity contribution in [3.05, 3.63) is 54.2 Å². The summed E-state index contributed by atoms with van der Waals surface area (Å²) in [6, 6.07) is 5.34. The zero-order valence-electron chi connectivity index (χ0n) is 8.01. The van der Waals surface area contributed by atoms with Crippen LogP contribution in [-0.2, 0) is 6.54 Å². The predicted octanol–water partition coefficient (Wildman–Crippen LogP) is 1.60. The molecule has 0 atom stereocenters. The molecule has 2 rings (SSSR count). The Morgan fingerprint density at radius 1 is 1.33 bits per heavy atom. The Bertz CT molecular complexity index is 423. The van der Waals surface area contributed by atoms with Gasteiger partial charge in [0.25, 0.3) is 5.91 Å². The first-order chi connectivity index (χ1) is 7.36. The van der Waals surface area contributed by atoms with Gasteiger partial charge in [-0.3, -0.25) is 9.78 Å². The summed E-state index contributed by atoms with van der Waals surface area (Å²) < 4.78 is 4.82. The lowest BCUT2D eigenvalue weighted by molar-refractivity contribution is 0.0950. The van der Waals surface area contributed by atoms with Crippen molar-refractivity contribution in [2.75, 3.05) is 0 Å². The van der Waals surface area contributed by atoms with Gasteiger partial charge < -0.3 is 9.73 Å². The molecule has 0 radical (unpaired) electrons. The number of nitrogens with zero attached hydrogens (tertiary/aromatic N) is 1. The maximum atomic E-state index is 11.5. The second-order valence-corrected chi connectivity index (χ2v) is 3.05. The predicted molar refractivity (Wildman–Crippen MR) is 54.1 cm³/mol. The zero-order valence-corrected chi connectivity index (χ0v) is 8.01. The fourth-order valence-corrected chi connectivity index (χ4v) is 1.18. The summed E-state index contributed by atoms with van der Waals surface area (Å²) in [5.41, 5.74) is 1.55. The number of pyridine rings is 1. The summed E-state index contributed by atoms with van der Waals surface area (Å²) >= 11 is 0. The molecule has 76 valence electrons. The number of hydrogen-bond donors (Lipinski definition) is 1. The van der Waals surface area contributed by atoms with Crippen molar-refractivity contribution in [3.63, 3.8) is 0 Å². The lowest BCUT2D eigenvalue weighted by Gasteiger charge is -2.02. The number of nitrogens with one attached hydrogen (secondary N) is 1. The number of rotatable bonds is 3. The number of hydrogen-bond acceptors (Lipinski definition) is 3. The second kappa shape index (κ2) is 4.41. The number of aromatic nitrogens is 1. The summed E-state index contributed by atoms with van der Waals surface area (Å²) in [6.07, 6.45) is 6.28. The summed E-state index contributed by atoms with van der Waals surface area (Å²) in [5.74, 6) is -0.138. The monoisotopic (exact) mass is 202 g/mol. The van der Waals surface area contributed by atoms with Gasteiger partial charge in [0, 0.05) is 18.9 Å². The van der Waals surface area contributed by atoms with Gasteiger partial charge in [0.05, 0.1) is 11.8 Å². The molecule has 1 amide bonds. The molecule has 2 heterocycles. The van der Waals surface area contributed by atoms with Gasteiger partial charge >= 0.3 is 0 Å². The molecule has 2 aromatic heterocycles. The maximum Gasteiger partial charge on any atom is 0.254 e. The molecule has 0 aliphatic heterocycles. The molecular weight excluding hydrogens is 192 g/mol. The number of furan rings is 1. The van der Waals surface area contributed by atoms with Crippen LogP contribution in [0.1, 0.15) is 15.9 Å². The Kier molecular flexibility index (Phi) is 2.78. The minimum atomic E-state index is -0.138. The lowest BCUT2D eigenvalue weighted by Crippen LogP contribution is -2.22. The van der Waals surface area contributed by atoms with Crippen molar-refractivity contribution in [3.8, 4) is 0 Å². The second-order valence-electron chi connectivity index (χ2n) is 3.05. The SMILES string of the molecule is O=C(NCc1ccncc1)c1ccoc1. The minimum Gasteiger partial charge on any atom is -0.472 e. The van der Waals surface area contributed by atoms with Crippen LogP contribution in [0.4, 0.5) is 0 Å². The molecule has 4 nitrogen and oxygen atoms in total. The van der Waals surface area contributed by atoms with E-state index in [0.29, 0.717) is 12.1 Å². The van der Waals surface area contributed by atoms with Gasteiger partial charge in [0.15, 0.2) is 0 Å². The Morgan fingerprint density at radius 2 is 2.13 bits per heavy atom. The molecule has 0 saturated carbocycles. The Hall–Kier alpha value is -2.10. The summed E-state index contributed by atoms with van der Waals surface area (Å²) in [5, 5.41) is 2.77. The van der Waals surface area contributed by atoms with Crippen LogP contribution in [0.15, 0.2) is 47.5 Å². The van der Waals surface area contributed by atoms with E-state index in [-0.39, 0.29) is 5.91 Å². The maximum absolute atomic E-state index is 11.5. The molecule has 0 saturated heterocycles.